The van der Waals surface area contributed by atoms with Gasteiger partial charge in [0.15, 0.2) is 5.13 Å². The van der Waals surface area contributed by atoms with Crippen molar-refractivity contribution < 1.29 is 8.42 Å². The quantitative estimate of drug-likeness (QED) is 0.855. The summed E-state index contributed by atoms with van der Waals surface area (Å²) in [4.78, 5) is 7.11. The molecule has 0 saturated carbocycles. The molecule has 23 heavy (non-hydrogen) atoms. The van der Waals surface area contributed by atoms with Gasteiger partial charge in [0, 0.05) is 30.6 Å². The van der Waals surface area contributed by atoms with E-state index in [9.17, 15) is 8.42 Å². The Balaban J connectivity index is 1.64. The van der Waals surface area contributed by atoms with E-state index in [2.05, 4.69) is 16.3 Å². The second-order valence-corrected chi connectivity index (χ2v) is 8.88. The number of benzene rings is 1. The van der Waals surface area contributed by atoms with Crippen LogP contribution in [-0.4, -0.2) is 39.3 Å². The fourth-order valence-corrected chi connectivity index (χ4v) is 5.17. The first-order chi connectivity index (χ1) is 11.0. The average Bonchev–Trinajstić information content (AvgIpc) is 3.24. The number of aromatic nitrogens is 1. The summed E-state index contributed by atoms with van der Waals surface area (Å²) in [5, 5.41) is 3.19. The maximum absolute atomic E-state index is 11.8. The van der Waals surface area contributed by atoms with Crippen LogP contribution >= 0.6 is 11.3 Å². The van der Waals surface area contributed by atoms with Gasteiger partial charge in [-0.2, -0.15) is 0 Å². The molecule has 7 heteroatoms. The van der Waals surface area contributed by atoms with E-state index in [-0.39, 0.29) is 0 Å². The molecule has 122 valence electrons. The maximum Gasteiger partial charge on any atom is 0.232 e. The van der Waals surface area contributed by atoms with Crippen molar-refractivity contribution >= 4 is 32.2 Å². The number of rotatable bonds is 3. The molecule has 0 radical (unpaired) electrons. The van der Waals surface area contributed by atoms with E-state index in [0.29, 0.717) is 6.54 Å². The van der Waals surface area contributed by atoms with Crippen LogP contribution in [0, 0.1) is 0 Å². The first-order valence-electron chi connectivity index (χ1n) is 7.84. The Morgan fingerprint density at radius 2 is 1.96 bits per heavy atom. The average molecular weight is 349 g/mol. The van der Waals surface area contributed by atoms with E-state index in [1.165, 1.54) is 23.4 Å². The molecule has 5 nitrogen and oxygen atoms in total. The van der Waals surface area contributed by atoms with Crippen molar-refractivity contribution in [3.8, 4) is 11.3 Å². The predicted octanol–water partition coefficient (Wildman–Crippen LogP) is 2.73. The highest BCUT2D eigenvalue weighted by Gasteiger charge is 2.26. The van der Waals surface area contributed by atoms with Gasteiger partial charge >= 0.3 is 0 Å². The predicted molar refractivity (Wildman–Crippen MR) is 94.9 cm³/mol. The number of hydrogen-bond donors (Lipinski definition) is 0. The van der Waals surface area contributed by atoms with Crippen molar-refractivity contribution in [2.75, 3.05) is 35.1 Å². The molecule has 0 aliphatic carbocycles. The van der Waals surface area contributed by atoms with Crippen molar-refractivity contribution in [1.82, 2.24) is 4.98 Å². The molecule has 1 aromatic carbocycles. The van der Waals surface area contributed by atoms with Crippen molar-refractivity contribution in [3.63, 3.8) is 0 Å². The summed E-state index contributed by atoms with van der Waals surface area (Å²) in [6.07, 6.45) is 4.52. The van der Waals surface area contributed by atoms with Gasteiger partial charge < -0.3 is 4.90 Å². The molecule has 0 unspecified atom stereocenters. The van der Waals surface area contributed by atoms with Gasteiger partial charge in [0.25, 0.3) is 0 Å². The van der Waals surface area contributed by atoms with Crippen molar-refractivity contribution in [2.24, 2.45) is 0 Å². The minimum atomic E-state index is -3.19. The van der Waals surface area contributed by atoms with Gasteiger partial charge in [0.05, 0.1) is 17.6 Å². The van der Waals surface area contributed by atoms with Gasteiger partial charge in [-0.1, -0.05) is 6.07 Å². The van der Waals surface area contributed by atoms with Crippen molar-refractivity contribution in [2.45, 2.75) is 19.3 Å². The van der Waals surface area contributed by atoms with E-state index < -0.39 is 10.0 Å². The second kappa shape index (κ2) is 5.49. The van der Waals surface area contributed by atoms with E-state index in [1.807, 2.05) is 12.1 Å². The minimum Gasteiger partial charge on any atom is -0.348 e. The number of nitrogens with zero attached hydrogens (tertiary/aromatic N) is 3. The SMILES string of the molecule is CS(=O)(=O)N1CCc2cc(-c3csc(N4CCCC4)n3)ccc21. The van der Waals surface area contributed by atoms with Crippen LogP contribution in [0.3, 0.4) is 0 Å². The molecule has 4 rings (SSSR count). The zero-order chi connectivity index (χ0) is 16.0. The van der Waals surface area contributed by atoms with Crippen LogP contribution in [0.1, 0.15) is 18.4 Å². The van der Waals surface area contributed by atoms with Crippen LogP contribution in [0.2, 0.25) is 0 Å². The lowest BCUT2D eigenvalue weighted by Crippen LogP contribution is -2.27. The van der Waals surface area contributed by atoms with Gasteiger partial charge in [-0.25, -0.2) is 13.4 Å². The van der Waals surface area contributed by atoms with Crippen LogP contribution in [0.4, 0.5) is 10.8 Å². The lowest BCUT2D eigenvalue weighted by molar-refractivity contribution is 0.598. The zero-order valence-electron chi connectivity index (χ0n) is 13.0. The summed E-state index contributed by atoms with van der Waals surface area (Å²) in [5.41, 5.74) is 3.95. The number of fused-ring (bicyclic) bond motifs is 1. The standard InChI is InChI=1S/C16H19N3O2S2/c1-23(20,21)19-9-6-13-10-12(4-5-15(13)19)14-11-22-16(17-14)18-7-2-3-8-18/h4-5,10-11H,2-3,6-9H2,1H3. The molecule has 0 bridgehead atoms. The Kier molecular flexibility index (Phi) is 3.57. The van der Waals surface area contributed by atoms with Gasteiger partial charge in [0.2, 0.25) is 10.0 Å². The third kappa shape index (κ3) is 2.72. The number of sulfonamides is 1. The van der Waals surface area contributed by atoms with Crippen LogP contribution in [0.25, 0.3) is 11.3 Å². The van der Waals surface area contributed by atoms with Crippen molar-refractivity contribution in [1.29, 1.82) is 0 Å². The highest BCUT2D eigenvalue weighted by atomic mass is 32.2. The Hall–Kier alpha value is -1.60. The normalized spacial score (nSPS) is 17.8. The summed E-state index contributed by atoms with van der Waals surface area (Å²) in [6.45, 7) is 2.73. The number of anilines is 2. The molecule has 0 atom stereocenters. The molecule has 3 heterocycles. The highest BCUT2D eigenvalue weighted by Crippen LogP contribution is 2.35. The zero-order valence-corrected chi connectivity index (χ0v) is 14.7. The van der Waals surface area contributed by atoms with Gasteiger partial charge in [0.1, 0.15) is 0 Å². The second-order valence-electron chi connectivity index (χ2n) is 6.14. The van der Waals surface area contributed by atoms with Gasteiger partial charge in [-0.3, -0.25) is 4.31 Å². The van der Waals surface area contributed by atoms with E-state index in [0.717, 1.165) is 47.2 Å². The van der Waals surface area contributed by atoms with E-state index in [4.69, 9.17) is 4.98 Å². The van der Waals surface area contributed by atoms with E-state index in [1.54, 1.807) is 11.3 Å². The van der Waals surface area contributed by atoms with Gasteiger partial charge in [-0.15, -0.1) is 11.3 Å². The highest BCUT2D eigenvalue weighted by molar-refractivity contribution is 7.92. The molecule has 1 aromatic heterocycles. The fraction of sp³-hybridized carbons (Fsp3) is 0.438. The largest absolute Gasteiger partial charge is 0.348 e. The Morgan fingerprint density at radius 3 is 2.70 bits per heavy atom. The third-order valence-electron chi connectivity index (χ3n) is 4.50. The number of hydrogen-bond acceptors (Lipinski definition) is 5. The molecule has 1 saturated heterocycles. The molecular weight excluding hydrogens is 330 g/mol. The molecule has 1 fully saturated rings. The Labute approximate surface area is 140 Å². The fourth-order valence-electron chi connectivity index (χ4n) is 3.33. The van der Waals surface area contributed by atoms with Crippen LogP contribution in [0.5, 0.6) is 0 Å². The smallest absolute Gasteiger partial charge is 0.232 e. The first-order valence-corrected chi connectivity index (χ1v) is 10.6. The molecule has 2 aliphatic heterocycles. The monoisotopic (exact) mass is 349 g/mol. The van der Waals surface area contributed by atoms with Crippen LogP contribution < -0.4 is 9.21 Å². The summed E-state index contributed by atoms with van der Waals surface area (Å²) in [7, 11) is -3.19. The summed E-state index contributed by atoms with van der Waals surface area (Å²) in [5.74, 6) is 0. The first kappa shape index (κ1) is 15.0. The van der Waals surface area contributed by atoms with E-state index >= 15 is 0 Å². The summed E-state index contributed by atoms with van der Waals surface area (Å²) in [6, 6.07) is 5.97. The van der Waals surface area contributed by atoms with Crippen molar-refractivity contribution in [3.05, 3.63) is 29.1 Å². The molecule has 0 amide bonds. The number of thiazole rings is 1. The Morgan fingerprint density at radius 1 is 1.17 bits per heavy atom. The maximum atomic E-state index is 11.8. The van der Waals surface area contributed by atoms with Crippen LogP contribution in [-0.2, 0) is 16.4 Å². The topological polar surface area (TPSA) is 53.5 Å². The van der Waals surface area contributed by atoms with Crippen LogP contribution in [0.15, 0.2) is 23.6 Å². The van der Waals surface area contributed by atoms with Gasteiger partial charge in [-0.05, 0) is 37.0 Å². The minimum absolute atomic E-state index is 0.535. The molecule has 0 N–H and O–H groups in total. The molecule has 2 aromatic rings. The lowest BCUT2D eigenvalue weighted by atomic mass is 10.1. The third-order valence-corrected chi connectivity index (χ3v) is 6.58. The summed E-state index contributed by atoms with van der Waals surface area (Å²) < 4.78 is 25.1. The lowest BCUT2D eigenvalue weighted by Gasteiger charge is -2.16. The molecular formula is C16H19N3O2S2. The molecule has 2 aliphatic rings. The summed E-state index contributed by atoms with van der Waals surface area (Å²) >= 11 is 1.69. The Bertz CT molecular complexity index is 839. The molecule has 0 spiro atoms.